The molecule has 1 rings (SSSR count). The molecule has 0 bridgehead atoms. The van der Waals surface area contributed by atoms with Crippen molar-refractivity contribution in [1.82, 2.24) is 5.32 Å². The van der Waals surface area contributed by atoms with Gasteiger partial charge in [-0.2, -0.15) is 0 Å². The number of hydrogen-bond donors (Lipinski definition) is 3. The first-order chi connectivity index (χ1) is 8.02. The number of amidine groups is 1. The van der Waals surface area contributed by atoms with Crippen molar-refractivity contribution >= 4 is 5.84 Å². The molecule has 0 radical (unpaired) electrons. The molecule has 4 N–H and O–H groups in total. The molecular formula is C13H21N3O. The lowest BCUT2D eigenvalue weighted by Gasteiger charge is -2.20. The second kappa shape index (κ2) is 6.25. The quantitative estimate of drug-likeness (QED) is 0.317. The molecule has 0 amide bonds. The lowest BCUT2D eigenvalue weighted by molar-refractivity contribution is 0.315. The van der Waals surface area contributed by atoms with Gasteiger partial charge in [-0.25, -0.2) is 0 Å². The van der Waals surface area contributed by atoms with Gasteiger partial charge in [0.05, 0.1) is 0 Å². The number of nitrogens with one attached hydrogen (secondary N) is 1. The fourth-order valence-corrected chi connectivity index (χ4v) is 1.79. The van der Waals surface area contributed by atoms with Gasteiger partial charge in [-0.05, 0) is 26.3 Å². The summed E-state index contributed by atoms with van der Waals surface area (Å²) < 4.78 is 0. The summed E-state index contributed by atoms with van der Waals surface area (Å²) in [6, 6.07) is 8.84. The Morgan fingerprint density at radius 2 is 1.94 bits per heavy atom. The SMILES string of the molecule is Cc1ccc(C(C)NC(C)CC(N)=NO)cc1. The number of nitrogens with zero attached hydrogens (tertiary/aromatic N) is 1. The highest BCUT2D eigenvalue weighted by Crippen LogP contribution is 2.14. The van der Waals surface area contributed by atoms with E-state index in [-0.39, 0.29) is 17.9 Å². The summed E-state index contributed by atoms with van der Waals surface area (Å²) in [5.41, 5.74) is 7.96. The van der Waals surface area contributed by atoms with Crippen molar-refractivity contribution in [1.29, 1.82) is 0 Å². The Morgan fingerprint density at radius 3 is 2.47 bits per heavy atom. The first-order valence-electron chi connectivity index (χ1n) is 5.82. The minimum atomic E-state index is 0.169. The smallest absolute Gasteiger partial charge is 0.140 e. The lowest BCUT2D eigenvalue weighted by Crippen LogP contribution is -2.33. The maximum absolute atomic E-state index is 8.50. The van der Waals surface area contributed by atoms with Gasteiger partial charge >= 0.3 is 0 Å². The van der Waals surface area contributed by atoms with Crippen LogP contribution in [0.3, 0.4) is 0 Å². The third kappa shape index (κ3) is 4.44. The molecule has 0 heterocycles. The van der Waals surface area contributed by atoms with Crippen LogP contribution in [-0.4, -0.2) is 17.1 Å². The van der Waals surface area contributed by atoms with Crippen LogP contribution in [0, 0.1) is 6.92 Å². The second-order valence-electron chi connectivity index (χ2n) is 4.50. The summed E-state index contributed by atoms with van der Waals surface area (Å²) in [5, 5.41) is 14.9. The summed E-state index contributed by atoms with van der Waals surface area (Å²) >= 11 is 0. The molecule has 0 saturated carbocycles. The van der Waals surface area contributed by atoms with E-state index in [4.69, 9.17) is 10.9 Å². The van der Waals surface area contributed by atoms with Crippen molar-refractivity contribution in [3.8, 4) is 0 Å². The molecule has 2 atom stereocenters. The van der Waals surface area contributed by atoms with Gasteiger partial charge in [0.1, 0.15) is 5.84 Å². The Balaban J connectivity index is 2.54. The predicted molar refractivity (Wildman–Crippen MR) is 70.2 cm³/mol. The highest BCUT2D eigenvalue weighted by Gasteiger charge is 2.10. The number of benzene rings is 1. The molecule has 1 aromatic rings. The van der Waals surface area contributed by atoms with Gasteiger partial charge in [-0.3, -0.25) is 0 Å². The van der Waals surface area contributed by atoms with E-state index in [1.54, 1.807) is 0 Å². The zero-order valence-electron chi connectivity index (χ0n) is 10.6. The fourth-order valence-electron chi connectivity index (χ4n) is 1.79. The zero-order valence-corrected chi connectivity index (χ0v) is 10.6. The molecule has 2 unspecified atom stereocenters. The Hall–Kier alpha value is -1.55. The summed E-state index contributed by atoms with van der Waals surface area (Å²) in [7, 11) is 0. The van der Waals surface area contributed by atoms with Gasteiger partial charge in [0.15, 0.2) is 0 Å². The van der Waals surface area contributed by atoms with Gasteiger partial charge in [-0.15, -0.1) is 0 Å². The predicted octanol–water partition coefficient (Wildman–Crippen LogP) is 2.17. The first-order valence-corrected chi connectivity index (χ1v) is 5.82. The largest absolute Gasteiger partial charge is 0.409 e. The maximum atomic E-state index is 8.50. The van der Waals surface area contributed by atoms with Crippen molar-refractivity contribution in [2.24, 2.45) is 10.9 Å². The molecular weight excluding hydrogens is 214 g/mol. The van der Waals surface area contributed by atoms with E-state index in [0.717, 1.165) is 0 Å². The second-order valence-corrected chi connectivity index (χ2v) is 4.50. The highest BCUT2D eigenvalue weighted by molar-refractivity contribution is 5.80. The minimum absolute atomic E-state index is 0.169. The highest BCUT2D eigenvalue weighted by atomic mass is 16.4. The van der Waals surface area contributed by atoms with Crippen LogP contribution < -0.4 is 11.1 Å². The average molecular weight is 235 g/mol. The summed E-state index contributed by atoms with van der Waals surface area (Å²) in [6.07, 6.45) is 0.534. The van der Waals surface area contributed by atoms with E-state index in [2.05, 4.69) is 48.6 Å². The summed E-state index contributed by atoms with van der Waals surface area (Å²) in [5.74, 6) is 0.251. The Labute approximate surface area is 103 Å². The van der Waals surface area contributed by atoms with Crippen molar-refractivity contribution in [3.05, 3.63) is 35.4 Å². The van der Waals surface area contributed by atoms with Crippen LogP contribution in [0.15, 0.2) is 29.4 Å². The Kier molecular flexibility index (Phi) is 4.97. The van der Waals surface area contributed by atoms with Crippen LogP contribution in [0.2, 0.25) is 0 Å². The van der Waals surface area contributed by atoms with Crippen molar-refractivity contribution in [2.45, 2.75) is 39.3 Å². The number of hydrogen-bond acceptors (Lipinski definition) is 3. The van der Waals surface area contributed by atoms with E-state index in [0.29, 0.717) is 6.42 Å². The Bertz CT molecular complexity index is 373. The van der Waals surface area contributed by atoms with Crippen LogP contribution >= 0.6 is 0 Å². The van der Waals surface area contributed by atoms with E-state index in [9.17, 15) is 0 Å². The molecule has 17 heavy (non-hydrogen) atoms. The van der Waals surface area contributed by atoms with Crippen LogP contribution in [-0.2, 0) is 0 Å². The van der Waals surface area contributed by atoms with Crippen molar-refractivity contribution in [2.75, 3.05) is 0 Å². The molecule has 0 fully saturated rings. The molecule has 0 saturated heterocycles. The van der Waals surface area contributed by atoms with E-state index < -0.39 is 0 Å². The summed E-state index contributed by atoms with van der Waals surface area (Å²) in [4.78, 5) is 0. The van der Waals surface area contributed by atoms with Gasteiger partial charge in [-0.1, -0.05) is 35.0 Å². The molecule has 0 spiro atoms. The standard InChI is InChI=1S/C13H21N3O/c1-9-4-6-12(7-5-9)11(3)15-10(2)8-13(14)16-17/h4-7,10-11,15,17H,8H2,1-3H3,(H2,14,16). The Morgan fingerprint density at radius 1 is 1.35 bits per heavy atom. The molecule has 0 aliphatic rings. The molecule has 1 aromatic carbocycles. The van der Waals surface area contributed by atoms with E-state index >= 15 is 0 Å². The van der Waals surface area contributed by atoms with E-state index in [1.165, 1.54) is 11.1 Å². The molecule has 94 valence electrons. The third-order valence-electron chi connectivity index (χ3n) is 2.76. The molecule has 0 aromatic heterocycles. The zero-order chi connectivity index (χ0) is 12.8. The van der Waals surface area contributed by atoms with Crippen LogP contribution in [0.5, 0.6) is 0 Å². The normalized spacial score (nSPS) is 15.6. The molecule has 0 aliphatic heterocycles. The van der Waals surface area contributed by atoms with Gasteiger partial charge in [0.2, 0.25) is 0 Å². The number of aryl methyl sites for hydroxylation is 1. The van der Waals surface area contributed by atoms with Gasteiger partial charge in [0.25, 0.3) is 0 Å². The first kappa shape index (κ1) is 13.5. The number of nitrogens with two attached hydrogens (primary N) is 1. The molecule has 4 heteroatoms. The summed E-state index contributed by atoms with van der Waals surface area (Å²) in [6.45, 7) is 6.19. The molecule has 0 aliphatic carbocycles. The van der Waals surface area contributed by atoms with Crippen LogP contribution in [0.1, 0.15) is 37.4 Å². The van der Waals surface area contributed by atoms with Gasteiger partial charge < -0.3 is 16.3 Å². The van der Waals surface area contributed by atoms with Crippen LogP contribution in [0.25, 0.3) is 0 Å². The number of rotatable bonds is 5. The van der Waals surface area contributed by atoms with E-state index in [1.807, 2.05) is 6.92 Å². The number of oxime groups is 1. The van der Waals surface area contributed by atoms with Crippen molar-refractivity contribution in [3.63, 3.8) is 0 Å². The molecule has 4 nitrogen and oxygen atoms in total. The van der Waals surface area contributed by atoms with Crippen LogP contribution in [0.4, 0.5) is 0 Å². The minimum Gasteiger partial charge on any atom is -0.409 e. The van der Waals surface area contributed by atoms with Crippen molar-refractivity contribution < 1.29 is 5.21 Å². The van der Waals surface area contributed by atoms with Gasteiger partial charge in [0, 0.05) is 18.5 Å². The fraction of sp³-hybridized carbons (Fsp3) is 0.462. The average Bonchev–Trinajstić information content (AvgIpc) is 2.29. The topological polar surface area (TPSA) is 70.6 Å². The third-order valence-corrected chi connectivity index (χ3v) is 2.76. The maximum Gasteiger partial charge on any atom is 0.140 e. The monoisotopic (exact) mass is 235 g/mol. The lowest BCUT2D eigenvalue weighted by atomic mass is 10.1.